The number of hydrogen-bond donors (Lipinski definition) is 1. The number of aliphatic hydroxyl groups excluding tert-OH is 1. The Morgan fingerprint density at radius 1 is 0.846 bits per heavy atom. The Labute approximate surface area is 173 Å². The fraction of sp³-hybridized carbons (Fsp3) is 0.739. The first-order chi connectivity index (χ1) is 12.0. The van der Waals surface area contributed by atoms with Crippen molar-refractivity contribution in [1.29, 1.82) is 0 Å². The zero-order valence-corrected chi connectivity index (χ0v) is 19.2. The summed E-state index contributed by atoms with van der Waals surface area (Å²) in [5.41, 5.74) is 2.37. The first-order valence-corrected chi connectivity index (χ1v) is 10.5. The molecule has 0 aliphatic rings. The molecule has 0 saturated heterocycles. The highest BCUT2D eigenvalue weighted by molar-refractivity contribution is 5.28. The van der Waals surface area contributed by atoms with Crippen LogP contribution in [0.4, 0.5) is 0 Å². The lowest BCUT2D eigenvalue weighted by Gasteiger charge is -2.31. The van der Waals surface area contributed by atoms with Gasteiger partial charge in [-0.2, -0.15) is 0 Å². The van der Waals surface area contributed by atoms with E-state index in [9.17, 15) is 5.11 Å². The minimum absolute atomic E-state index is 0. The standard InChI is InChI=1S/C23H42NO.BrH/c1-5-6-7-8-9-10-11-12-13-16-19-24(3,4)20-22-17-14-15-18-23(22)21(2)25;/h14-15,17-18,21,25H,5-13,16,19-20H2,1-4H3;1H/q+1;/p-1. The molecule has 0 amide bonds. The van der Waals surface area contributed by atoms with E-state index in [0.29, 0.717) is 0 Å². The van der Waals surface area contributed by atoms with E-state index < -0.39 is 0 Å². The molecular formula is C23H42BrNO. The molecule has 0 aromatic heterocycles. The van der Waals surface area contributed by atoms with Gasteiger partial charge in [0.25, 0.3) is 0 Å². The number of rotatable bonds is 14. The molecule has 2 nitrogen and oxygen atoms in total. The van der Waals surface area contributed by atoms with Gasteiger partial charge in [-0.3, -0.25) is 0 Å². The quantitative estimate of drug-likeness (QED) is 0.356. The maximum absolute atomic E-state index is 9.96. The Kier molecular flexibility index (Phi) is 14.4. The van der Waals surface area contributed by atoms with E-state index in [2.05, 4.69) is 39.2 Å². The molecule has 1 N–H and O–H groups in total. The average Bonchev–Trinajstić information content (AvgIpc) is 2.56. The van der Waals surface area contributed by atoms with Crippen molar-refractivity contribution in [3.8, 4) is 0 Å². The number of aliphatic hydroxyl groups is 1. The second kappa shape index (κ2) is 14.6. The summed E-state index contributed by atoms with van der Waals surface area (Å²) in [6.45, 7) is 6.35. The van der Waals surface area contributed by atoms with E-state index >= 15 is 0 Å². The summed E-state index contributed by atoms with van der Waals surface area (Å²) < 4.78 is 1.00. The summed E-state index contributed by atoms with van der Waals surface area (Å²) in [6, 6.07) is 8.33. The van der Waals surface area contributed by atoms with Crippen molar-refractivity contribution in [2.24, 2.45) is 0 Å². The van der Waals surface area contributed by atoms with Crippen molar-refractivity contribution in [1.82, 2.24) is 0 Å². The van der Waals surface area contributed by atoms with Gasteiger partial charge in [-0.05, 0) is 25.3 Å². The summed E-state index contributed by atoms with van der Waals surface area (Å²) in [5.74, 6) is 0. The van der Waals surface area contributed by atoms with Crippen LogP contribution >= 0.6 is 0 Å². The second-order valence-corrected chi connectivity index (χ2v) is 8.37. The molecule has 0 bridgehead atoms. The molecule has 0 fully saturated rings. The molecule has 0 aliphatic heterocycles. The Morgan fingerprint density at radius 3 is 1.88 bits per heavy atom. The highest BCUT2D eigenvalue weighted by Gasteiger charge is 2.18. The van der Waals surface area contributed by atoms with E-state index in [4.69, 9.17) is 0 Å². The van der Waals surface area contributed by atoms with Gasteiger partial charge in [-0.25, -0.2) is 0 Å². The van der Waals surface area contributed by atoms with Crippen molar-refractivity contribution >= 4 is 0 Å². The number of nitrogens with zero attached hydrogens (tertiary/aromatic N) is 1. The summed E-state index contributed by atoms with van der Waals surface area (Å²) in [7, 11) is 4.62. The zero-order valence-electron chi connectivity index (χ0n) is 17.6. The molecule has 0 saturated carbocycles. The fourth-order valence-corrected chi connectivity index (χ4v) is 3.65. The van der Waals surface area contributed by atoms with Crippen LogP contribution in [0.15, 0.2) is 24.3 Å². The lowest BCUT2D eigenvalue weighted by Crippen LogP contribution is -3.00. The van der Waals surface area contributed by atoms with Gasteiger partial charge >= 0.3 is 0 Å². The van der Waals surface area contributed by atoms with Crippen LogP contribution < -0.4 is 17.0 Å². The summed E-state index contributed by atoms with van der Waals surface area (Å²) in [4.78, 5) is 0. The van der Waals surface area contributed by atoms with Crippen LogP contribution in [-0.2, 0) is 6.54 Å². The molecular weight excluding hydrogens is 386 g/mol. The molecule has 1 aromatic carbocycles. The van der Waals surface area contributed by atoms with Gasteiger partial charge in [0.1, 0.15) is 6.54 Å². The van der Waals surface area contributed by atoms with Crippen molar-refractivity contribution in [2.45, 2.75) is 90.7 Å². The van der Waals surface area contributed by atoms with Crippen LogP contribution in [0, 0.1) is 0 Å². The van der Waals surface area contributed by atoms with E-state index in [1.807, 2.05) is 13.0 Å². The Hall–Kier alpha value is -0.380. The molecule has 0 heterocycles. The lowest BCUT2D eigenvalue weighted by molar-refractivity contribution is -0.903. The number of hydrogen-bond acceptors (Lipinski definition) is 1. The Morgan fingerprint density at radius 2 is 1.35 bits per heavy atom. The molecule has 26 heavy (non-hydrogen) atoms. The van der Waals surface area contributed by atoms with Crippen LogP contribution in [0.5, 0.6) is 0 Å². The fourth-order valence-electron chi connectivity index (χ4n) is 3.65. The van der Waals surface area contributed by atoms with E-state index in [1.54, 1.807) is 0 Å². The predicted molar refractivity (Wildman–Crippen MR) is 110 cm³/mol. The first-order valence-electron chi connectivity index (χ1n) is 10.5. The summed E-state index contributed by atoms with van der Waals surface area (Å²) >= 11 is 0. The van der Waals surface area contributed by atoms with Gasteiger partial charge in [0.2, 0.25) is 0 Å². The molecule has 3 heteroatoms. The monoisotopic (exact) mass is 427 g/mol. The van der Waals surface area contributed by atoms with Crippen molar-refractivity contribution in [2.75, 3.05) is 20.6 Å². The third kappa shape index (κ3) is 11.4. The second-order valence-electron chi connectivity index (χ2n) is 8.37. The third-order valence-corrected chi connectivity index (χ3v) is 5.22. The predicted octanol–water partition coefficient (Wildman–Crippen LogP) is 3.24. The summed E-state index contributed by atoms with van der Waals surface area (Å²) in [5, 5.41) is 9.96. The minimum Gasteiger partial charge on any atom is -1.00 e. The lowest BCUT2D eigenvalue weighted by atomic mass is 10.0. The first kappa shape index (κ1) is 25.6. The Bertz CT molecular complexity index is 459. The topological polar surface area (TPSA) is 20.2 Å². The normalized spacial score (nSPS) is 12.7. The maximum Gasteiger partial charge on any atom is 0.104 e. The van der Waals surface area contributed by atoms with E-state index in [1.165, 1.54) is 76.3 Å². The van der Waals surface area contributed by atoms with Crippen LogP contribution in [0.25, 0.3) is 0 Å². The van der Waals surface area contributed by atoms with Crippen LogP contribution in [-0.4, -0.2) is 30.2 Å². The number of unbranched alkanes of at least 4 members (excludes halogenated alkanes) is 9. The van der Waals surface area contributed by atoms with E-state index in [-0.39, 0.29) is 23.1 Å². The van der Waals surface area contributed by atoms with Gasteiger partial charge in [0, 0.05) is 5.56 Å². The molecule has 0 spiro atoms. The van der Waals surface area contributed by atoms with Gasteiger partial charge < -0.3 is 26.6 Å². The third-order valence-electron chi connectivity index (χ3n) is 5.22. The minimum atomic E-state index is -0.381. The number of benzene rings is 1. The SMILES string of the molecule is CCCCCCCCCCCC[N+](C)(C)Cc1ccccc1C(C)O.[Br-]. The van der Waals surface area contributed by atoms with Crippen LogP contribution in [0.2, 0.25) is 0 Å². The van der Waals surface area contributed by atoms with E-state index in [0.717, 1.165) is 16.6 Å². The maximum atomic E-state index is 9.96. The largest absolute Gasteiger partial charge is 1.00 e. The molecule has 152 valence electrons. The summed E-state index contributed by atoms with van der Waals surface area (Å²) in [6.07, 6.45) is 13.5. The van der Waals surface area contributed by atoms with Crippen LogP contribution in [0.3, 0.4) is 0 Å². The highest BCUT2D eigenvalue weighted by atomic mass is 79.9. The molecule has 0 radical (unpaired) electrons. The van der Waals surface area contributed by atoms with Gasteiger partial charge in [0.05, 0.1) is 26.7 Å². The molecule has 0 aliphatic carbocycles. The van der Waals surface area contributed by atoms with Crippen LogP contribution in [0.1, 0.15) is 95.3 Å². The number of halogens is 1. The van der Waals surface area contributed by atoms with Gasteiger partial charge in [-0.1, -0.05) is 82.6 Å². The molecule has 1 unspecified atom stereocenters. The van der Waals surface area contributed by atoms with Crippen molar-refractivity contribution in [3.63, 3.8) is 0 Å². The van der Waals surface area contributed by atoms with Gasteiger partial charge in [-0.15, -0.1) is 0 Å². The van der Waals surface area contributed by atoms with Gasteiger partial charge in [0.15, 0.2) is 0 Å². The molecule has 1 aromatic rings. The molecule has 1 atom stereocenters. The molecule has 1 rings (SSSR count). The Balaban J connectivity index is 0.00000625. The zero-order chi connectivity index (χ0) is 18.5. The van der Waals surface area contributed by atoms with Crippen molar-refractivity contribution < 1.29 is 26.6 Å². The smallest absolute Gasteiger partial charge is 0.104 e. The number of quaternary nitrogens is 1. The average molecular weight is 428 g/mol. The highest BCUT2D eigenvalue weighted by Crippen LogP contribution is 2.21. The van der Waals surface area contributed by atoms with Crippen molar-refractivity contribution in [3.05, 3.63) is 35.4 Å².